The van der Waals surface area contributed by atoms with Gasteiger partial charge in [0.25, 0.3) is 0 Å². The minimum atomic E-state index is -1.33. The summed E-state index contributed by atoms with van der Waals surface area (Å²) in [6.45, 7) is 4.72. The van der Waals surface area contributed by atoms with E-state index in [0.29, 0.717) is 47.9 Å². The van der Waals surface area contributed by atoms with Crippen LogP contribution in [0.1, 0.15) is 37.8 Å². The Morgan fingerprint density at radius 1 is 0.917 bits per heavy atom. The van der Waals surface area contributed by atoms with Crippen LogP contribution in [0.5, 0.6) is 23.0 Å². The predicted molar refractivity (Wildman–Crippen MR) is 138 cm³/mol. The molecule has 0 fully saturated rings. The average molecular weight is 499 g/mol. The Labute approximate surface area is 214 Å². The lowest BCUT2D eigenvalue weighted by Gasteiger charge is -2.39. The first-order valence-electron chi connectivity index (χ1n) is 11.9. The largest absolute Gasteiger partial charge is 0.493 e. The van der Waals surface area contributed by atoms with E-state index in [-0.39, 0.29) is 0 Å². The molecule has 8 heteroatoms. The number of carboxylic acid groups (broad SMARTS) is 1. The maximum absolute atomic E-state index is 12.3. The lowest BCUT2D eigenvalue weighted by atomic mass is 9.60. The maximum atomic E-state index is 12.3. The van der Waals surface area contributed by atoms with Gasteiger partial charge in [0, 0.05) is 6.54 Å². The van der Waals surface area contributed by atoms with E-state index in [9.17, 15) is 15.2 Å². The molecule has 2 aromatic rings. The molecule has 36 heavy (non-hydrogen) atoms. The molecule has 0 saturated carbocycles. The molecule has 1 N–H and O–H groups in total. The van der Waals surface area contributed by atoms with Crippen LogP contribution in [0, 0.1) is 16.7 Å². The van der Waals surface area contributed by atoms with Gasteiger partial charge in [-0.25, -0.2) is 0 Å². The molecule has 0 bridgehead atoms. The molecule has 0 heterocycles. The first-order chi connectivity index (χ1) is 17.1. The minimum Gasteiger partial charge on any atom is -0.493 e. The standard InChI is InChI=1S/C28H38N2O6/c1-27(2,26(31)32)28(19-29,21-10-12-23(34-5)25(18-21)36-7)14-8-15-30(3)16-13-20-9-11-22(33-4)24(17-20)35-6/h9-12,17-18H,8,13-16H2,1-7H3,(H,31,32). The lowest BCUT2D eigenvalue weighted by Crippen LogP contribution is -2.46. The van der Waals surface area contributed by atoms with Crippen molar-refractivity contribution in [3.05, 3.63) is 47.5 Å². The van der Waals surface area contributed by atoms with Gasteiger partial charge in [-0.15, -0.1) is 0 Å². The molecule has 0 aliphatic heterocycles. The highest BCUT2D eigenvalue weighted by molar-refractivity contribution is 5.77. The number of nitriles is 1. The number of benzene rings is 2. The number of likely N-dealkylation sites (N-methyl/N-ethyl adjacent to an activating group) is 1. The zero-order valence-electron chi connectivity index (χ0n) is 22.4. The van der Waals surface area contributed by atoms with Gasteiger partial charge in [-0.1, -0.05) is 12.1 Å². The number of ether oxygens (including phenoxy) is 4. The summed E-state index contributed by atoms with van der Waals surface area (Å²) in [4.78, 5) is 14.5. The molecule has 0 saturated heterocycles. The Morgan fingerprint density at radius 2 is 1.47 bits per heavy atom. The van der Waals surface area contributed by atoms with Gasteiger partial charge >= 0.3 is 5.97 Å². The summed E-state index contributed by atoms with van der Waals surface area (Å²) in [6, 6.07) is 13.5. The molecule has 2 rings (SSSR count). The number of carboxylic acids is 1. The van der Waals surface area contributed by atoms with E-state index < -0.39 is 16.8 Å². The Morgan fingerprint density at radius 3 is 2.00 bits per heavy atom. The Kier molecular flexibility index (Phi) is 10.00. The van der Waals surface area contributed by atoms with Crippen LogP contribution in [-0.2, 0) is 16.6 Å². The van der Waals surface area contributed by atoms with Crippen LogP contribution >= 0.6 is 0 Å². The summed E-state index contributed by atoms with van der Waals surface area (Å²) in [5, 5.41) is 20.5. The number of hydrogen-bond donors (Lipinski definition) is 1. The summed E-state index contributed by atoms with van der Waals surface area (Å²) in [7, 11) is 8.31. The van der Waals surface area contributed by atoms with Gasteiger partial charge in [-0.2, -0.15) is 5.26 Å². The summed E-state index contributed by atoms with van der Waals surface area (Å²) in [5.74, 6) is 1.35. The van der Waals surface area contributed by atoms with Crippen molar-refractivity contribution in [2.75, 3.05) is 48.6 Å². The van der Waals surface area contributed by atoms with Crippen molar-refractivity contribution in [3.63, 3.8) is 0 Å². The fourth-order valence-corrected chi connectivity index (χ4v) is 4.44. The molecule has 1 unspecified atom stereocenters. The first kappa shape index (κ1) is 28.8. The van der Waals surface area contributed by atoms with Gasteiger partial charge in [0.2, 0.25) is 0 Å². The topological polar surface area (TPSA) is 101 Å². The Hall–Kier alpha value is -3.44. The van der Waals surface area contributed by atoms with Crippen molar-refractivity contribution >= 4 is 5.97 Å². The number of hydrogen-bond acceptors (Lipinski definition) is 7. The third-order valence-corrected chi connectivity index (χ3v) is 6.99. The van der Waals surface area contributed by atoms with Gasteiger partial charge in [0.05, 0.1) is 45.3 Å². The van der Waals surface area contributed by atoms with Crippen LogP contribution in [-0.4, -0.2) is 64.6 Å². The second kappa shape index (κ2) is 12.5. The fraction of sp³-hybridized carbons (Fsp3) is 0.500. The Balaban J connectivity index is 2.18. The van der Waals surface area contributed by atoms with Crippen molar-refractivity contribution in [3.8, 4) is 29.1 Å². The van der Waals surface area contributed by atoms with Crippen LogP contribution in [0.2, 0.25) is 0 Å². The van der Waals surface area contributed by atoms with E-state index in [2.05, 4.69) is 11.0 Å². The second-order valence-corrected chi connectivity index (χ2v) is 9.36. The summed E-state index contributed by atoms with van der Waals surface area (Å²) in [5.41, 5.74) is -0.867. The first-order valence-corrected chi connectivity index (χ1v) is 11.9. The third kappa shape index (κ3) is 6.03. The van der Waals surface area contributed by atoms with Crippen molar-refractivity contribution in [1.82, 2.24) is 4.90 Å². The molecule has 0 spiro atoms. The molecular formula is C28H38N2O6. The number of aliphatic carboxylic acids is 1. The maximum Gasteiger partial charge on any atom is 0.311 e. The zero-order chi connectivity index (χ0) is 26.9. The summed E-state index contributed by atoms with van der Waals surface area (Å²) < 4.78 is 21.4. The van der Waals surface area contributed by atoms with E-state index in [4.69, 9.17) is 18.9 Å². The third-order valence-electron chi connectivity index (χ3n) is 6.99. The van der Waals surface area contributed by atoms with Gasteiger partial charge in [-0.3, -0.25) is 4.79 Å². The summed E-state index contributed by atoms with van der Waals surface area (Å²) >= 11 is 0. The molecule has 2 aromatic carbocycles. The summed E-state index contributed by atoms with van der Waals surface area (Å²) in [6.07, 6.45) is 1.83. The monoisotopic (exact) mass is 498 g/mol. The number of rotatable bonds is 14. The van der Waals surface area contributed by atoms with Crippen LogP contribution in [0.25, 0.3) is 0 Å². The molecule has 0 radical (unpaired) electrons. The molecule has 0 aromatic heterocycles. The minimum absolute atomic E-state index is 0.374. The fourth-order valence-electron chi connectivity index (χ4n) is 4.44. The van der Waals surface area contributed by atoms with E-state index in [1.165, 1.54) is 14.2 Å². The van der Waals surface area contributed by atoms with Crippen molar-refractivity contribution in [2.45, 2.75) is 38.5 Å². The molecule has 1 atom stereocenters. The van der Waals surface area contributed by atoms with Gasteiger partial charge in [0.15, 0.2) is 23.0 Å². The van der Waals surface area contributed by atoms with E-state index in [0.717, 1.165) is 18.5 Å². The van der Waals surface area contributed by atoms with Gasteiger partial charge in [0.1, 0.15) is 0 Å². The number of methoxy groups -OCH3 is 4. The highest BCUT2D eigenvalue weighted by Gasteiger charge is 2.52. The second-order valence-electron chi connectivity index (χ2n) is 9.36. The smallest absolute Gasteiger partial charge is 0.311 e. The highest BCUT2D eigenvalue weighted by atomic mass is 16.5. The van der Waals surface area contributed by atoms with Gasteiger partial charge < -0.3 is 29.0 Å². The zero-order valence-corrected chi connectivity index (χ0v) is 22.4. The molecule has 0 amide bonds. The van der Waals surface area contributed by atoms with Crippen molar-refractivity contribution in [2.24, 2.45) is 5.41 Å². The van der Waals surface area contributed by atoms with Gasteiger partial charge in [-0.05, 0) is 82.1 Å². The highest BCUT2D eigenvalue weighted by Crippen LogP contribution is 2.47. The average Bonchev–Trinajstić information content (AvgIpc) is 2.89. The van der Waals surface area contributed by atoms with E-state index in [1.54, 1.807) is 46.3 Å². The molecule has 0 aliphatic rings. The molecule has 196 valence electrons. The lowest BCUT2D eigenvalue weighted by molar-refractivity contribution is -0.150. The predicted octanol–water partition coefficient (Wildman–Crippen LogP) is 4.55. The normalized spacial score (nSPS) is 13.0. The van der Waals surface area contributed by atoms with Crippen molar-refractivity contribution < 1.29 is 28.8 Å². The SMILES string of the molecule is COc1ccc(CCN(C)CCCC(C#N)(c2ccc(OC)c(OC)c2)C(C)(C)C(=O)O)cc1OC. The molecular weight excluding hydrogens is 460 g/mol. The van der Waals surface area contributed by atoms with Crippen LogP contribution in [0.3, 0.4) is 0 Å². The van der Waals surface area contributed by atoms with Crippen LogP contribution < -0.4 is 18.9 Å². The number of carbonyl (C=O) groups is 1. The molecule has 0 aliphatic carbocycles. The van der Waals surface area contributed by atoms with Crippen molar-refractivity contribution in [1.29, 1.82) is 5.26 Å². The van der Waals surface area contributed by atoms with E-state index in [1.807, 2.05) is 25.2 Å². The number of nitrogens with zero attached hydrogens (tertiary/aromatic N) is 2. The molecule has 8 nitrogen and oxygen atoms in total. The van der Waals surface area contributed by atoms with E-state index >= 15 is 0 Å². The van der Waals surface area contributed by atoms with Crippen LogP contribution in [0.15, 0.2) is 36.4 Å². The Bertz CT molecular complexity index is 1080. The quantitative estimate of drug-likeness (QED) is 0.405. The van der Waals surface area contributed by atoms with Crippen LogP contribution in [0.4, 0.5) is 0 Å².